The molecule has 0 aliphatic heterocycles. The molecule has 0 bridgehead atoms. The van der Waals surface area contributed by atoms with Crippen LogP contribution in [0.3, 0.4) is 0 Å². The molecule has 3 heterocycles. The number of thiazole rings is 2. The van der Waals surface area contributed by atoms with Crippen molar-refractivity contribution in [1.29, 1.82) is 0 Å². The molecule has 4 aromatic rings. The Bertz CT molecular complexity index is 971. The highest BCUT2D eigenvalue weighted by Crippen LogP contribution is 2.30. The van der Waals surface area contributed by atoms with E-state index in [9.17, 15) is 4.79 Å². The number of likely N-dealkylation sites (N-methyl/N-ethyl adjacent to an activating group) is 1. The maximum atomic E-state index is 12.8. The van der Waals surface area contributed by atoms with Gasteiger partial charge in [-0.15, -0.1) is 22.7 Å². The van der Waals surface area contributed by atoms with E-state index < -0.39 is 0 Å². The molecule has 0 radical (unpaired) electrons. The predicted molar refractivity (Wildman–Crippen MR) is 107 cm³/mol. The number of anilines is 1. The van der Waals surface area contributed by atoms with Gasteiger partial charge in [0.25, 0.3) is 0 Å². The molecule has 7 heteroatoms. The number of hydrogen-bond acceptors (Lipinski definition) is 6. The first kappa shape index (κ1) is 16.4. The quantitative estimate of drug-likeness (QED) is 0.481. The van der Waals surface area contributed by atoms with Crippen molar-refractivity contribution in [1.82, 2.24) is 9.97 Å². The van der Waals surface area contributed by atoms with Gasteiger partial charge in [-0.25, -0.2) is 9.97 Å². The first-order valence-electron chi connectivity index (χ1n) is 7.89. The minimum Gasteiger partial charge on any atom is -0.288 e. The van der Waals surface area contributed by atoms with Gasteiger partial charge < -0.3 is 0 Å². The zero-order chi connectivity index (χ0) is 17.2. The van der Waals surface area contributed by atoms with E-state index in [4.69, 9.17) is 0 Å². The van der Waals surface area contributed by atoms with Crippen LogP contribution in [0.15, 0.2) is 47.2 Å². The lowest BCUT2D eigenvalue weighted by Crippen LogP contribution is -2.31. The summed E-state index contributed by atoms with van der Waals surface area (Å²) in [5, 5.41) is 5.73. The summed E-state index contributed by atoms with van der Waals surface area (Å²) < 4.78 is 1.09. The van der Waals surface area contributed by atoms with Gasteiger partial charge in [-0.2, -0.15) is 0 Å². The summed E-state index contributed by atoms with van der Waals surface area (Å²) in [6, 6.07) is 12.0. The largest absolute Gasteiger partial charge is 0.288 e. The van der Waals surface area contributed by atoms with Crippen molar-refractivity contribution >= 4 is 55.3 Å². The number of para-hydroxylation sites is 1. The molecule has 0 saturated heterocycles. The molecule has 0 unspecified atom stereocenters. The van der Waals surface area contributed by atoms with E-state index in [1.165, 1.54) is 0 Å². The number of fused-ring (bicyclic) bond motifs is 1. The van der Waals surface area contributed by atoms with E-state index in [-0.39, 0.29) is 5.91 Å². The Morgan fingerprint density at radius 2 is 2.00 bits per heavy atom. The van der Waals surface area contributed by atoms with E-state index in [1.54, 1.807) is 38.9 Å². The molecule has 0 atom stereocenters. The monoisotopic (exact) mass is 385 g/mol. The lowest BCUT2D eigenvalue weighted by atomic mass is 10.3. The fraction of sp³-hybridized carbons (Fsp3) is 0.167. The Hall–Kier alpha value is -2.09. The number of thiophene rings is 1. The molecule has 4 nitrogen and oxygen atoms in total. The predicted octanol–water partition coefficient (Wildman–Crippen LogP) is 5.08. The van der Waals surface area contributed by atoms with Gasteiger partial charge in [0.2, 0.25) is 5.91 Å². The van der Waals surface area contributed by atoms with E-state index >= 15 is 0 Å². The summed E-state index contributed by atoms with van der Waals surface area (Å²) in [6.07, 6.45) is 0.297. The lowest BCUT2D eigenvalue weighted by Gasteiger charge is -2.16. The second kappa shape index (κ2) is 7.03. The molecule has 126 valence electrons. The molecule has 0 aliphatic carbocycles. The van der Waals surface area contributed by atoms with Gasteiger partial charge in [0.05, 0.1) is 27.2 Å². The molecule has 1 amide bonds. The molecule has 0 N–H and O–H groups in total. The van der Waals surface area contributed by atoms with Gasteiger partial charge in [0, 0.05) is 11.9 Å². The third-order valence-electron chi connectivity index (χ3n) is 3.75. The van der Waals surface area contributed by atoms with Crippen molar-refractivity contribution in [3.05, 3.63) is 52.9 Å². The molecule has 4 rings (SSSR count). The van der Waals surface area contributed by atoms with Gasteiger partial charge >= 0.3 is 0 Å². The van der Waals surface area contributed by atoms with E-state index in [0.717, 1.165) is 30.9 Å². The van der Waals surface area contributed by atoms with Gasteiger partial charge in [0.1, 0.15) is 5.01 Å². The lowest BCUT2D eigenvalue weighted by molar-refractivity contribution is -0.118. The van der Waals surface area contributed by atoms with E-state index in [0.29, 0.717) is 13.0 Å². The summed E-state index contributed by atoms with van der Waals surface area (Å²) in [6.45, 7) is 2.57. The maximum Gasteiger partial charge on any atom is 0.234 e. The first-order valence-corrected chi connectivity index (χ1v) is 10.5. The van der Waals surface area contributed by atoms with Crippen molar-refractivity contribution in [2.75, 3.05) is 11.4 Å². The molecular weight excluding hydrogens is 370 g/mol. The summed E-state index contributed by atoms with van der Waals surface area (Å²) in [7, 11) is 0. The van der Waals surface area contributed by atoms with E-state index in [2.05, 4.69) is 16.0 Å². The van der Waals surface area contributed by atoms with Gasteiger partial charge in [0.15, 0.2) is 5.13 Å². The van der Waals surface area contributed by atoms with Crippen LogP contribution in [0.1, 0.15) is 12.6 Å². The third kappa shape index (κ3) is 3.35. The molecular formula is C18H15N3OS3. The fourth-order valence-electron chi connectivity index (χ4n) is 2.55. The summed E-state index contributed by atoms with van der Waals surface area (Å²) in [4.78, 5) is 24.9. The van der Waals surface area contributed by atoms with Crippen molar-refractivity contribution in [3.8, 4) is 9.88 Å². The molecule has 0 saturated carbocycles. The number of rotatable bonds is 5. The van der Waals surface area contributed by atoms with Crippen LogP contribution in [-0.4, -0.2) is 22.4 Å². The highest BCUT2D eigenvalue weighted by Gasteiger charge is 2.19. The number of hydrogen-bond donors (Lipinski definition) is 0. The number of aromatic nitrogens is 2. The average molecular weight is 386 g/mol. The highest BCUT2D eigenvalue weighted by molar-refractivity contribution is 7.22. The fourth-order valence-corrected chi connectivity index (χ4v) is 5.23. The standard InChI is InChI=1S/C18H15N3OS3/c1-2-21(18-20-13-6-3-4-7-14(13)25-18)16(22)10-12-11-24-17(19-12)15-8-5-9-23-15/h3-9,11H,2,10H2,1H3. The Kier molecular flexibility index (Phi) is 4.61. The number of benzene rings is 1. The smallest absolute Gasteiger partial charge is 0.234 e. The van der Waals surface area contributed by atoms with Crippen molar-refractivity contribution < 1.29 is 4.79 Å². The third-order valence-corrected chi connectivity index (χ3v) is 6.74. The molecule has 0 spiro atoms. The first-order chi connectivity index (χ1) is 12.2. The Labute approximate surface area is 157 Å². The topological polar surface area (TPSA) is 46.1 Å². The zero-order valence-electron chi connectivity index (χ0n) is 13.5. The van der Waals surface area contributed by atoms with Crippen LogP contribution in [0.2, 0.25) is 0 Å². The van der Waals surface area contributed by atoms with Crippen LogP contribution >= 0.6 is 34.0 Å². The van der Waals surface area contributed by atoms with Crippen LogP contribution in [0.4, 0.5) is 5.13 Å². The highest BCUT2D eigenvalue weighted by atomic mass is 32.1. The molecule has 0 aliphatic rings. The maximum absolute atomic E-state index is 12.8. The van der Waals surface area contributed by atoms with E-state index in [1.807, 2.05) is 48.0 Å². The summed E-state index contributed by atoms with van der Waals surface area (Å²) in [5.74, 6) is 0.0320. The number of carbonyl (C=O) groups is 1. The normalized spacial score (nSPS) is 11.1. The van der Waals surface area contributed by atoms with Crippen LogP contribution in [0.25, 0.3) is 20.1 Å². The molecule has 1 aromatic carbocycles. The summed E-state index contributed by atoms with van der Waals surface area (Å²) >= 11 is 4.80. The summed E-state index contributed by atoms with van der Waals surface area (Å²) in [5.41, 5.74) is 1.75. The Morgan fingerprint density at radius 1 is 1.12 bits per heavy atom. The Balaban J connectivity index is 1.54. The van der Waals surface area contributed by atoms with Gasteiger partial charge in [-0.3, -0.25) is 9.69 Å². The second-order valence-electron chi connectivity index (χ2n) is 5.40. The number of nitrogens with zero attached hydrogens (tertiary/aromatic N) is 3. The SMILES string of the molecule is CCN(C(=O)Cc1csc(-c2cccs2)n1)c1nc2ccccc2s1. The van der Waals surface area contributed by atoms with Crippen LogP contribution < -0.4 is 4.90 Å². The van der Waals surface area contributed by atoms with Crippen LogP contribution in [0, 0.1) is 0 Å². The Morgan fingerprint density at radius 3 is 2.76 bits per heavy atom. The molecule has 3 aromatic heterocycles. The van der Waals surface area contributed by atoms with Crippen molar-refractivity contribution in [2.45, 2.75) is 13.3 Å². The van der Waals surface area contributed by atoms with Gasteiger partial charge in [-0.05, 0) is 30.5 Å². The average Bonchev–Trinajstić information content (AvgIpc) is 3.35. The minimum atomic E-state index is 0.0320. The second-order valence-corrected chi connectivity index (χ2v) is 8.22. The molecule has 25 heavy (non-hydrogen) atoms. The van der Waals surface area contributed by atoms with Crippen LogP contribution in [0.5, 0.6) is 0 Å². The van der Waals surface area contributed by atoms with Gasteiger partial charge in [-0.1, -0.05) is 29.5 Å². The van der Waals surface area contributed by atoms with Crippen molar-refractivity contribution in [3.63, 3.8) is 0 Å². The van der Waals surface area contributed by atoms with Crippen molar-refractivity contribution in [2.24, 2.45) is 0 Å². The van der Waals surface area contributed by atoms with Crippen LogP contribution in [-0.2, 0) is 11.2 Å². The zero-order valence-corrected chi connectivity index (χ0v) is 16.0. The number of amides is 1. The number of carbonyl (C=O) groups excluding carboxylic acids is 1. The minimum absolute atomic E-state index is 0.0320. The molecule has 0 fully saturated rings.